The van der Waals surface area contributed by atoms with Crippen LogP contribution in [-0.4, -0.2) is 73.8 Å². The van der Waals surface area contributed by atoms with Crippen LogP contribution in [0.15, 0.2) is 30.3 Å². The van der Waals surface area contributed by atoms with Crippen molar-refractivity contribution >= 4 is 23.9 Å². The Kier molecular flexibility index (Phi) is 10.6. The molecule has 0 aliphatic carbocycles. The number of nitrogens with one attached hydrogen (secondary N) is 2. The van der Waals surface area contributed by atoms with Gasteiger partial charge in [-0.2, -0.15) is 0 Å². The zero-order chi connectivity index (χ0) is 23.3. The highest BCUT2D eigenvalue weighted by molar-refractivity contribution is 5.94. The van der Waals surface area contributed by atoms with Gasteiger partial charge in [-0.3, -0.25) is 24.6 Å². The molecule has 2 N–H and O–H groups in total. The van der Waals surface area contributed by atoms with Crippen LogP contribution < -0.4 is 10.6 Å². The number of amides is 3. The van der Waals surface area contributed by atoms with Gasteiger partial charge in [0.05, 0.1) is 18.8 Å². The van der Waals surface area contributed by atoms with Gasteiger partial charge in [-0.15, -0.1) is 0 Å². The van der Waals surface area contributed by atoms with Gasteiger partial charge in [0.15, 0.2) is 0 Å². The molecular weight excluding hydrogens is 418 g/mol. The van der Waals surface area contributed by atoms with Crippen LogP contribution in [0.25, 0.3) is 0 Å². The van der Waals surface area contributed by atoms with Gasteiger partial charge in [-0.1, -0.05) is 30.3 Å². The standard InChI is InChI=1S/C22H31N3O7/c1-3-30-20(27)13-23-19(26)15-31-18-9-11-25(12-10-18)16(2)21(28)24-22(29)32-14-17-7-5-4-6-8-17/h4-8,16,18H,3,9-15H2,1-2H3,(H,23,26)(H,24,28,29)/t16-/m0/s1. The molecule has 1 heterocycles. The maximum Gasteiger partial charge on any atom is 0.414 e. The molecule has 0 unspecified atom stereocenters. The molecule has 10 nitrogen and oxygen atoms in total. The molecule has 176 valence electrons. The largest absolute Gasteiger partial charge is 0.465 e. The zero-order valence-corrected chi connectivity index (χ0v) is 18.5. The molecule has 1 atom stereocenters. The summed E-state index contributed by atoms with van der Waals surface area (Å²) in [5, 5.41) is 4.71. The summed E-state index contributed by atoms with van der Waals surface area (Å²) in [4.78, 5) is 49.2. The summed E-state index contributed by atoms with van der Waals surface area (Å²) in [5.41, 5.74) is 0.833. The number of piperidine rings is 1. The average molecular weight is 450 g/mol. The summed E-state index contributed by atoms with van der Waals surface area (Å²) in [5.74, 6) is -1.31. The van der Waals surface area contributed by atoms with E-state index in [0.717, 1.165) is 5.56 Å². The Morgan fingerprint density at radius 3 is 2.44 bits per heavy atom. The van der Waals surface area contributed by atoms with Crippen molar-refractivity contribution in [1.82, 2.24) is 15.5 Å². The van der Waals surface area contributed by atoms with Crippen LogP contribution in [0, 0.1) is 0 Å². The minimum atomic E-state index is -0.780. The number of likely N-dealkylation sites (tertiary alicyclic amines) is 1. The normalized spacial score (nSPS) is 15.4. The summed E-state index contributed by atoms with van der Waals surface area (Å²) >= 11 is 0. The Hall–Kier alpha value is -2.98. The molecule has 1 aromatic carbocycles. The second-order valence-corrected chi connectivity index (χ2v) is 7.36. The van der Waals surface area contributed by atoms with Gasteiger partial charge in [0.1, 0.15) is 19.8 Å². The van der Waals surface area contributed by atoms with Crippen LogP contribution in [0.5, 0.6) is 0 Å². The molecular formula is C22H31N3O7. The maximum atomic E-state index is 12.4. The SMILES string of the molecule is CCOC(=O)CNC(=O)COC1CCN([C@@H](C)C(=O)NC(=O)OCc2ccccc2)CC1. The van der Waals surface area contributed by atoms with E-state index in [1.807, 2.05) is 35.2 Å². The van der Waals surface area contributed by atoms with Crippen molar-refractivity contribution in [1.29, 1.82) is 0 Å². The highest BCUT2D eigenvalue weighted by Gasteiger charge is 2.28. The molecule has 0 bridgehead atoms. The molecule has 0 radical (unpaired) electrons. The summed E-state index contributed by atoms with van der Waals surface area (Å²) in [6.45, 7) is 4.61. The maximum absolute atomic E-state index is 12.4. The highest BCUT2D eigenvalue weighted by atomic mass is 16.5. The number of imide groups is 1. The number of alkyl carbamates (subject to hydrolysis) is 1. The summed E-state index contributed by atoms with van der Waals surface area (Å²) in [6.07, 6.45) is 0.381. The molecule has 2 rings (SSSR count). The van der Waals surface area contributed by atoms with E-state index in [2.05, 4.69) is 10.6 Å². The number of carbonyl (C=O) groups excluding carboxylic acids is 4. The topological polar surface area (TPSA) is 123 Å². The lowest BCUT2D eigenvalue weighted by Gasteiger charge is -2.34. The minimum Gasteiger partial charge on any atom is -0.465 e. The molecule has 0 saturated carbocycles. The van der Waals surface area contributed by atoms with Crippen molar-refractivity contribution in [2.75, 3.05) is 32.8 Å². The third-order valence-electron chi connectivity index (χ3n) is 5.03. The molecule has 1 aliphatic heterocycles. The zero-order valence-electron chi connectivity index (χ0n) is 18.5. The van der Waals surface area contributed by atoms with E-state index in [0.29, 0.717) is 25.9 Å². The van der Waals surface area contributed by atoms with E-state index in [1.54, 1.807) is 13.8 Å². The second-order valence-electron chi connectivity index (χ2n) is 7.36. The third-order valence-corrected chi connectivity index (χ3v) is 5.03. The van der Waals surface area contributed by atoms with Crippen LogP contribution >= 0.6 is 0 Å². The fourth-order valence-electron chi connectivity index (χ4n) is 3.19. The molecule has 0 aromatic heterocycles. The lowest BCUT2D eigenvalue weighted by atomic mass is 10.1. The van der Waals surface area contributed by atoms with Gasteiger partial charge in [0.2, 0.25) is 11.8 Å². The van der Waals surface area contributed by atoms with Crippen molar-refractivity contribution in [3.05, 3.63) is 35.9 Å². The predicted molar refractivity (Wildman–Crippen MR) is 114 cm³/mol. The van der Waals surface area contributed by atoms with Crippen molar-refractivity contribution in [3.8, 4) is 0 Å². The van der Waals surface area contributed by atoms with Crippen molar-refractivity contribution in [2.24, 2.45) is 0 Å². The number of hydrogen-bond donors (Lipinski definition) is 2. The van der Waals surface area contributed by atoms with E-state index in [-0.39, 0.29) is 38.4 Å². The summed E-state index contributed by atoms with van der Waals surface area (Å²) < 4.78 is 15.4. The highest BCUT2D eigenvalue weighted by Crippen LogP contribution is 2.16. The Bertz CT molecular complexity index is 764. The van der Waals surface area contributed by atoms with Crippen LogP contribution in [0.2, 0.25) is 0 Å². The number of hydrogen-bond acceptors (Lipinski definition) is 8. The minimum absolute atomic E-state index is 0.0877. The van der Waals surface area contributed by atoms with E-state index in [4.69, 9.17) is 14.2 Å². The molecule has 10 heteroatoms. The first-order valence-corrected chi connectivity index (χ1v) is 10.7. The van der Waals surface area contributed by atoms with Crippen molar-refractivity contribution < 1.29 is 33.4 Å². The first kappa shape index (κ1) is 25.3. The van der Waals surface area contributed by atoms with Gasteiger partial charge in [0, 0.05) is 13.1 Å². The fraction of sp³-hybridized carbons (Fsp3) is 0.545. The second kappa shape index (κ2) is 13.4. The number of carbonyl (C=O) groups is 4. The molecule has 32 heavy (non-hydrogen) atoms. The van der Waals surface area contributed by atoms with E-state index in [9.17, 15) is 19.2 Å². The first-order valence-electron chi connectivity index (χ1n) is 10.7. The molecule has 1 fully saturated rings. The van der Waals surface area contributed by atoms with Gasteiger partial charge in [-0.25, -0.2) is 4.79 Å². The summed E-state index contributed by atoms with van der Waals surface area (Å²) in [7, 11) is 0. The van der Waals surface area contributed by atoms with Gasteiger partial charge < -0.3 is 19.5 Å². The molecule has 1 saturated heterocycles. The Labute approximate surface area is 187 Å². The fourth-order valence-corrected chi connectivity index (χ4v) is 3.19. The van der Waals surface area contributed by atoms with Gasteiger partial charge in [0.25, 0.3) is 0 Å². The summed E-state index contributed by atoms with van der Waals surface area (Å²) in [6, 6.07) is 8.69. The van der Waals surface area contributed by atoms with E-state index >= 15 is 0 Å². The van der Waals surface area contributed by atoms with Crippen LogP contribution in [0.3, 0.4) is 0 Å². The molecule has 1 aliphatic rings. The Morgan fingerprint density at radius 1 is 1.09 bits per heavy atom. The van der Waals surface area contributed by atoms with Crippen LogP contribution in [-0.2, 0) is 35.2 Å². The number of ether oxygens (including phenoxy) is 3. The van der Waals surface area contributed by atoms with Crippen molar-refractivity contribution in [2.45, 2.75) is 45.4 Å². The number of esters is 1. The Balaban J connectivity index is 1.63. The Morgan fingerprint density at radius 2 is 1.78 bits per heavy atom. The van der Waals surface area contributed by atoms with E-state index < -0.39 is 24.0 Å². The first-order chi connectivity index (χ1) is 15.4. The van der Waals surface area contributed by atoms with Crippen LogP contribution in [0.1, 0.15) is 32.3 Å². The van der Waals surface area contributed by atoms with Crippen LogP contribution in [0.4, 0.5) is 4.79 Å². The predicted octanol–water partition coefficient (Wildman–Crippen LogP) is 0.988. The number of nitrogens with zero attached hydrogens (tertiary/aromatic N) is 1. The van der Waals surface area contributed by atoms with Gasteiger partial charge >= 0.3 is 12.1 Å². The van der Waals surface area contributed by atoms with Crippen molar-refractivity contribution in [3.63, 3.8) is 0 Å². The van der Waals surface area contributed by atoms with E-state index in [1.165, 1.54) is 0 Å². The lowest BCUT2D eigenvalue weighted by molar-refractivity contribution is -0.144. The third kappa shape index (κ3) is 9.03. The quantitative estimate of drug-likeness (QED) is 0.507. The number of benzene rings is 1. The molecule has 0 spiro atoms. The average Bonchev–Trinajstić information content (AvgIpc) is 2.80. The molecule has 1 aromatic rings. The smallest absolute Gasteiger partial charge is 0.414 e. The molecule has 3 amide bonds. The number of rotatable bonds is 10. The van der Waals surface area contributed by atoms with Gasteiger partial charge in [-0.05, 0) is 32.3 Å². The lowest BCUT2D eigenvalue weighted by Crippen LogP contribution is -2.50. The monoisotopic (exact) mass is 449 g/mol.